The number of aliphatic carboxylic acids is 1. The van der Waals surface area contributed by atoms with Crippen LogP contribution in [0.5, 0.6) is 0 Å². The maximum Gasteiger partial charge on any atom is 0.0383 e. The van der Waals surface area contributed by atoms with Crippen LogP contribution < -0.4 is 5.11 Å². The van der Waals surface area contributed by atoms with Crippen molar-refractivity contribution >= 4 is 35.5 Å². The SMILES string of the molecule is CC(=O)[O-].O.O.O.[Na]. The van der Waals surface area contributed by atoms with E-state index in [4.69, 9.17) is 9.90 Å². The van der Waals surface area contributed by atoms with E-state index in [9.17, 15) is 0 Å². The maximum absolute atomic E-state index is 8.89. The van der Waals surface area contributed by atoms with Gasteiger partial charge in [0.25, 0.3) is 0 Å². The van der Waals surface area contributed by atoms with Crippen molar-refractivity contribution in [1.29, 1.82) is 0 Å². The molecule has 49 valence electrons. The van der Waals surface area contributed by atoms with Crippen molar-refractivity contribution in [3.8, 4) is 0 Å². The Morgan fingerprint density at radius 1 is 1.25 bits per heavy atom. The van der Waals surface area contributed by atoms with Gasteiger partial charge in [-0.1, -0.05) is 0 Å². The van der Waals surface area contributed by atoms with Crippen molar-refractivity contribution in [2.45, 2.75) is 6.92 Å². The fourth-order valence-corrected chi connectivity index (χ4v) is 0. The van der Waals surface area contributed by atoms with Crippen LogP contribution >= 0.6 is 0 Å². The van der Waals surface area contributed by atoms with E-state index in [2.05, 4.69) is 0 Å². The zero-order valence-corrected chi connectivity index (χ0v) is 6.82. The van der Waals surface area contributed by atoms with Gasteiger partial charge in [-0.05, 0) is 6.92 Å². The molecule has 0 aliphatic carbocycles. The predicted octanol–water partition coefficient (Wildman–Crippen LogP) is -4.10. The van der Waals surface area contributed by atoms with Gasteiger partial charge in [-0.15, -0.1) is 0 Å². The second-order valence-electron chi connectivity index (χ2n) is 0.492. The number of carbonyl (C=O) groups excluding carboxylic acids is 1. The molecular weight excluding hydrogens is 127 g/mol. The molecule has 0 bridgehead atoms. The molecule has 0 unspecified atom stereocenters. The summed E-state index contributed by atoms with van der Waals surface area (Å²) in [5.74, 6) is -1.08. The first-order valence-electron chi connectivity index (χ1n) is 0.908. The predicted molar refractivity (Wildman–Crippen MR) is 27.3 cm³/mol. The fourth-order valence-electron chi connectivity index (χ4n) is 0. The number of carbonyl (C=O) groups is 1. The van der Waals surface area contributed by atoms with Crippen molar-refractivity contribution in [3.63, 3.8) is 0 Å². The molecule has 0 spiro atoms. The van der Waals surface area contributed by atoms with Gasteiger partial charge in [-0.3, -0.25) is 0 Å². The summed E-state index contributed by atoms with van der Waals surface area (Å²) in [6.45, 7) is 0.972. The van der Waals surface area contributed by atoms with Crippen LogP contribution in [0, 0.1) is 0 Å². The van der Waals surface area contributed by atoms with Crippen molar-refractivity contribution < 1.29 is 26.3 Å². The first-order valence-corrected chi connectivity index (χ1v) is 0.908. The molecule has 5 nitrogen and oxygen atoms in total. The average molecular weight is 136 g/mol. The zero-order chi connectivity index (χ0) is 3.58. The van der Waals surface area contributed by atoms with Crippen LogP contribution in [0.15, 0.2) is 0 Å². The third kappa shape index (κ3) is 1480. The van der Waals surface area contributed by atoms with Gasteiger partial charge >= 0.3 is 0 Å². The van der Waals surface area contributed by atoms with E-state index in [-0.39, 0.29) is 46.0 Å². The van der Waals surface area contributed by atoms with Crippen LogP contribution in [-0.2, 0) is 4.79 Å². The van der Waals surface area contributed by atoms with E-state index >= 15 is 0 Å². The number of hydrogen-bond acceptors (Lipinski definition) is 2. The van der Waals surface area contributed by atoms with Gasteiger partial charge in [-0.2, -0.15) is 0 Å². The topological polar surface area (TPSA) is 135 Å². The zero-order valence-electron chi connectivity index (χ0n) is 4.82. The maximum atomic E-state index is 8.89. The van der Waals surface area contributed by atoms with Crippen molar-refractivity contribution in [1.82, 2.24) is 0 Å². The molecule has 0 amide bonds. The molecule has 0 atom stereocenters. The third-order valence-electron chi connectivity index (χ3n) is 0. The number of rotatable bonds is 0. The van der Waals surface area contributed by atoms with E-state index in [0.29, 0.717) is 0 Å². The minimum absolute atomic E-state index is 0. The van der Waals surface area contributed by atoms with Gasteiger partial charge in [0.05, 0.1) is 0 Å². The van der Waals surface area contributed by atoms with Crippen LogP contribution in [-0.4, -0.2) is 52.0 Å². The second kappa shape index (κ2) is 26.4. The molecule has 0 saturated heterocycles. The first kappa shape index (κ1) is 40.2. The van der Waals surface area contributed by atoms with Crippen LogP contribution in [0.1, 0.15) is 6.92 Å². The molecule has 0 saturated carbocycles. The standard InChI is InChI=1S/C2H4O2.Na.3H2O/c1-2(3)4;;;;/h1H3,(H,3,4);;3*1H2/p-1. The summed E-state index contributed by atoms with van der Waals surface area (Å²) in [5.41, 5.74) is 0. The first-order chi connectivity index (χ1) is 1.73. The minimum Gasteiger partial charge on any atom is -0.550 e. The van der Waals surface area contributed by atoms with Gasteiger partial charge in [0.1, 0.15) is 0 Å². The molecule has 0 aromatic carbocycles. The third-order valence-corrected chi connectivity index (χ3v) is 0. The van der Waals surface area contributed by atoms with Gasteiger partial charge < -0.3 is 26.3 Å². The summed E-state index contributed by atoms with van der Waals surface area (Å²) < 4.78 is 0. The largest absolute Gasteiger partial charge is 0.550 e. The van der Waals surface area contributed by atoms with Crippen LogP contribution in [0.4, 0.5) is 0 Å². The van der Waals surface area contributed by atoms with E-state index in [1.165, 1.54) is 0 Å². The number of carboxylic acid groups (broad SMARTS) is 1. The molecule has 0 heterocycles. The summed E-state index contributed by atoms with van der Waals surface area (Å²) in [4.78, 5) is 8.89. The molecule has 0 aliphatic heterocycles. The smallest absolute Gasteiger partial charge is 0.0383 e. The minimum atomic E-state index is -1.08. The molecule has 8 heavy (non-hydrogen) atoms. The van der Waals surface area contributed by atoms with Crippen LogP contribution in [0.25, 0.3) is 0 Å². The molecule has 0 aromatic rings. The monoisotopic (exact) mass is 136 g/mol. The molecular formula is C2H9NaO5-. The number of carboxylic acids is 1. The summed E-state index contributed by atoms with van der Waals surface area (Å²) in [5, 5.41) is 8.89. The molecule has 0 rings (SSSR count). The summed E-state index contributed by atoms with van der Waals surface area (Å²) >= 11 is 0. The van der Waals surface area contributed by atoms with Crippen LogP contribution in [0.2, 0.25) is 0 Å². The van der Waals surface area contributed by atoms with E-state index in [1.54, 1.807) is 0 Å². The summed E-state index contributed by atoms with van der Waals surface area (Å²) in [7, 11) is 0. The average Bonchev–Trinajstić information content (AvgIpc) is 0.811. The fraction of sp³-hybridized carbons (Fsp3) is 0.500. The Labute approximate surface area is 68.9 Å². The van der Waals surface area contributed by atoms with Crippen molar-refractivity contribution in [3.05, 3.63) is 0 Å². The summed E-state index contributed by atoms with van der Waals surface area (Å²) in [6.07, 6.45) is 0. The van der Waals surface area contributed by atoms with Gasteiger partial charge in [0.15, 0.2) is 0 Å². The Kier molecular flexibility index (Phi) is 133. The van der Waals surface area contributed by atoms with Gasteiger partial charge in [0, 0.05) is 35.5 Å². The second-order valence-corrected chi connectivity index (χ2v) is 0.492. The molecule has 0 fully saturated rings. The quantitative estimate of drug-likeness (QED) is 0.313. The molecule has 6 heteroatoms. The number of hydrogen-bond donors (Lipinski definition) is 0. The van der Waals surface area contributed by atoms with E-state index in [0.717, 1.165) is 6.92 Å². The van der Waals surface area contributed by atoms with Gasteiger partial charge in [0.2, 0.25) is 0 Å². The van der Waals surface area contributed by atoms with Crippen molar-refractivity contribution in [2.75, 3.05) is 0 Å². The normalized spacial score (nSPS) is 3.12. The van der Waals surface area contributed by atoms with Gasteiger partial charge in [-0.25, -0.2) is 0 Å². The Morgan fingerprint density at radius 3 is 1.25 bits per heavy atom. The Morgan fingerprint density at radius 2 is 1.25 bits per heavy atom. The molecule has 0 aliphatic rings. The molecule has 6 N–H and O–H groups in total. The molecule has 1 radical (unpaired) electrons. The molecule has 0 aromatic heterocycles. The van der Waals surface area contributed by atoms with E-state index in [1.807, 2.05) is 0 Å². The van der Waals surface area contributed by atoms with Crippen LogP contribution in [0.3, 0.4) is 0 Å². The Hall–Kier alpha value is 0.350. The summed E-state index contributed by atoms with van der Waals surface area (Å²) in [6, 6.07) is 0. The van der Waals surface area contributed by atoms with E-state index < -0.39 is 5.97 Å². The Balaban J connectivity index is -0.00000000750. The Bertz CT molecular complexity index is 33.4. The van der Waals surface area contributed by atoms with Crippen molar-refractivity contribution in [2.24, 2.45) is 0 Å².